The molecular formula is C24H28N6O. The molecule has 0 aliphatic carbocycles. The van der Waals surface area contributed by atoms with E-state index in [4.69, 9.17) is 4.98 Å². The standard InChI is InChI=1S/C24H28N6O/c1-3-5-7-18(4-2)17-29-22(31)13-8-19-16-25-24(28-23(19)29)27-20-9-11-21(12-10-20)30-15-6-14-26-30/h6,8-16,18H,3-5,7,17H2,1-2H3,(H,25,27,28). The molecule has 3 heterocycles. The molecule has 1 unspecified atom stereocenters. The maximum absolute atomic E-state index is 12.7. The van der Waals surface area contributed by atoms with Crippen LogP contribution >= 0.6 is 0 Å². The van der Waals surface area contributed by atoms with Crippen LogP contribution in [-0.2, 0) is 6.54 Å². The largest absolute Gasteiger partial charge is 0.324 e. The van der Waals surface area contributed by atoms with Crippen molar-refractivity contribution in [3.05, 3.63) is 71.4 Å². The van der Waals surface area contributed by atoms with E-state index < -0.39 is 0 Å². The number of fused-ring (bicyclic) bond motifs is 1. The van der Waals surface area contributed by atoms with Gasteiger partial charge >= 0.3 is 0 Å². The summed E-state index contributed by atoms with van der Waals surface area (Å²) in [5.74, 6) is 0.935. The Morgan fingerprint density at radius 2 is 1.94 bits per heavy atom. The van der Waals surface area contributed by atoms with Crippen molar-refractivity contribution in [3.63, 3.8) is 0 Å². The molecule has 0 radical (unpaired) electrons. The van der Waals surface area contributed by atoms with Crippen LogP contribution in [0.15, 0.2) is 65.8 Å². The SMILES string of the molecule is CCCCC(CC)Cn1c(=O)ccc2cnc(Nc3ccc(-n4cccn4)cc3)nc21. The van der Waals surface area contributed by atoms with Gasteiger partial charge in [0.25, 0.3) is 5.56 Å². The molecule has 7 heteroatoms. The lowest BCUT2D eigenvalue weighted by Crippen LogP contribution is -2.24. The Morgan fingerprint density at radius 1 is 1.10 bits per heavy atom. The number of rotatable bonds is 9. The number of nitrogens with zero attached hydrogens (tertiary/aromatic N) is 5. The van der Waals surface area contributed by atoms with Crippen LogP contribution in [0.5, 0.6) is 0 Å². The van der Waals surface area contributed by atoms with Gasteiger partial charge in [0, 0.05) is 42.3 Å². The number of unbranched alkanes of at least 4 members (excludes halogenated alkanes) is 1. The number of benzene rings is 1. The molecule has 0 bridgehead atoms. The van der Waals surface area contributed by atoms with Crippen molar-refractivity contribution in [2.75, 3.05) is 5.32 Å². The van der Waals surface area contributed by atoms with E-state index in [1.165, 1.54) is 6.42 Å². The molecule has 7 nitrogen and oxygen atoms in total. The Balaban J connectivity index is 1.60. The molecule has 0 aliphatic rings. The van der Waals surface area contributed by atoms with Crippen molar-refractivity contribution in [2.45, 2.75) is 46.1 Å². The summed E-state index contributed by atoms with van der Waals surface area (Å²) in [6, 6.07) is 13.2. The van der Waals surface area contributed by atoms with Crippen molar-refractivity contribution in [2.24, 2.45) is 5.92 Å². The number of anilines is 2. The fourth-order valence-electron chi connectivity index (χ4n) is 3.73. The average molecular weight is 417 g/mol. The van der Waals surface area contributed by atoms with Gasteiger partial charge in [-0.15, -0.1) is 0 Å². The van der Waals surface area contributed by atoms with Gasteiger partial charge in [-0.05, 0) is 48.7 Å². The predicted octanol–water partition coefficient (Wildman–Crippen LogP) is 4.94. The highest BCUT2D eigenvalue weighted by Gasteiger charge is 2.12. The zero-order valence-corrected chi connectivity index (χ0v) is 18.0. The Kier molecular flexibility index (Phi) is 6.40. The lowest BCUT2D eigenvalue weighted by Gasteiger charge is -2.17. The molecule has 4 aromatic rings. The van der Waals surface area contributed by atoms with Crippen LogP contribution in [0.2, 0.25) is 0 Å². The van der Waals surface area contributed by atoms with Crippen molar-refractivity contribution in [1.29, 1.82) is 0 Å². The van der Waals surface area contributed by atoms with Gasteiger partial charge in [-0.25, -0.2) is 9.67 Å². The summed E-state index contributed by atoms with van der Waals surface area (Å²) in [7, 11) is 0. The second kappa shape index (κ2) is 9.55. The maximum atomic E-state index is 12.7. The Hall–Kier alpha value is -3.48. The molecule has 0 fully saturated rings. The van der Waals surface area contributed by atoms with E-state index in [9.17, 15) is 4.79 Å². The number of pyridine rings is 1. The van der Waals surface area contributed by atoms with E-state index in [1.54, 1.807) is 33.8 Å². The summed E-state index contributed by atoms with van der Waals surface area (Å²) in [4.78, 5) is 21.8. The molecule has 31 heavy (non-hydrogen) atoms. The van der Waals surface area contributed by atoms with E-state index in [0.717, 1.165) is 36.0 Å². The third kappa shape index (κ3) is 4.82. The van der Waals surface area contributed by atoms with E-state index >= 15 is 0 Å². The molecular weight excluding hydrogens is 388 g/mol. The molecule has 4 rings (SSSR count). The molecule has 1 N–H and O–H groups in total. The Labute approximate surface area is 181 Å². The van der Waals surface area contributed by atoms with Gasteiger partial charge in [-0.1, -0.05) is 33.1 Å². The molecule has 0 amide bonds. The summed E-state index contributed by atoms with van der Waals surface area (Å²) in [6.45, 7) is 5.07. The molecule has 160 valence electrons. The van der Waals surface area contributed by atoms with Crippen molar-refractivity contribution >= 4 is 22.7 Å². The number of aromatic nitrogens is 5. The van der Waals surface area contributed by atoms with E-state index in [-0.39, 0.29) is 5.56 Å². The van der Waals surface area contributed by atoms with Gasteiger partial charge in [0.2, 0.25) is 5.95 Å². The first-order chi connectivity index (χ1) is 15.2. The average Bonchev–Trinajstić information content (AvgIpc) is 3.33. The monoisotopic (exact) mass is 416 g/mol. The number of nitrogens with one attached hydrogen (secondary N) is 1. The van der Waals surface area contributed by atoms with Crippen LogP contribution in [0.1, 0.15) is 39.5 Å². The summed E-state index contributed by atoms with van der Waals surface area (Å²) < 4.78 is 3.60. The smallest absolute Gasteiger partial charge is 0.252 e. The number of hydrogen-bond acceptors (Lipinski definition) is 5. The molecule has 3 aromatic heterocycles. The van der Waals surface area contributed by atoms with Gasteiger partial charge in [0.05, 0.1) is 5.69 Å². The summed E-state index contributed by atoms with van der Waals surface area (Å²) in [5, 5.41) is 8.36. The maximum Gasteiger partial charge on any atom is 0.252 e. The van der Waals surface area contributed by atoms with E-state index in [1.807, 2.05) is 36.5 Å². The zero-order valence-electron chi connectivity index (χ0n) is 18.0. The molecule has 0 aliphatic heterocycles. The highest BCUT2D eigenvalue weighted by Crippen LogP contribution is 2.20. The highest BCUT2D eigenvalue weighted by molar-refractivity contribution is 5.75. The quantitative estimate of drug-likeness (QED) is 0.418. The fraction of sp³-hybridized carbons (Fsp3) is 0.333. The summed E-state index contributed by atoms with van der Waals surface area (Å²) in [5.41, 5.74) is 2.50. The molecule has 1 aromatic carbocycles. The molecule has 0 saturated heterocycles. The van der Waals surface area contributed by atoms with Crippen LogP contribution in [0, 0.1) is 5.92 Å². The van der Waals surface area contributed by atoms with Gasteiger partial charge in [0.15, 0.2) is 0 Å². The second-order valence-corrected chi connectivity index (χ2v) is 7.79. The van der Waals surface area contributed by atoms with Crippen LogP contribution < -0.4 is 10.9 Å². The van der Waals surface area contributed by atoms with Gasteiger partial charge in [0.1, 0.15) is 5.65 Å². The first-order valence-corrected chi connectivity index (χ1v) is 10.9. The third-order valence-corrected chi connectivity index (χ3v) is 5.60. The first-order valence-electron chi connectivity index (χ1n) is 10.9. The zero-order chi connectivity index (χ0) is 21.6. The normalized spacial score (nSPS) is 12.2. The fourth-order valence-corrected chi connectivity index (χ4v) is 3.73. The van der Waals surface area contributed by atoms with Crippen LogP contribution in [0.3, 0.4) is 0 Å². The topological polar surface area (TPSA) is 77.6 Å². The molecule has 1 atom stereocenters. The number of hydrogen-bond donors (Lipinski definition) is 1. The lowest BCUT2D eigenvalue weighted by molar-refractivity contribution is 0.390. The minimum Gasteiger partial charge on any atom is -0.324 e. The van der Waals surface area contributed by atoms with Crippen LogP contribution in [0.25, 0.3) is 16.7 Å². The minimum atomic E-state index is -0.0179. The minimum absolute atomic E-state index is 0.0179. The van der Waals surface area contributed by atoms with Gasteiger partial charge < -0.3 is 5.32 Å². The summed E-state index contributed by atoms with van der Waals surface area (Å²) >= 11 is 0. The van der Waals surface area contributed by atoms with E-state index in [2.05, 4.69) is 29.2 Å². The lowest BCUT2D eigenvalue weighted by atomic mass is 9.99. The predicted molar refractivity (Wildman–Crippen MR) is 124 cm³/mol. The molecule has 0 spiro atoms. The third-order valence-electron chi connectivity index (χ3n) is 5.60. The first kappa shape index (κ1) is 20.8. The van der Waals surface area contributed by atoms with Crippen molar-refractivity contribution in [3.8, 4) is 5.69 Å². The van der Waals surface area contributed by atoms with Crippen molar-refractivity contribution in [1.82, 2.24) is 24.3 Å². The van der Waals surface area contributed by atoms with E-state index in [0.29, 0.717) is 24.1 Å². The second-order valence-electron chi connectivity index (χ2n) is 7.79. The molecule has 0 saturated carbocycles. The Morgan fingerprint density at radius 3 is 2.65 bits per heavy atom. The van der Waals surface area contributed by atoms with Crippen LogP contribution in [0.4, 0.5) is 11.6 Å². The summed E-state index contributed by atoms with van der Waals surface area (Å²) in [6.07, 6.45) is 9.92. The Bertz CT molecular complexity index is 1180. The van der Waals surface area contributed by atoms with Gasteiger partial charge in [-0.3, -0.25) is 9.36 Å². The van der Waals surface area contributed by atoms with Crippen LogP contribution in [-0.4, -0.2) is 24.3 Å². The highest BCUT2D eigenvalue weighted by atomic mass is 16.1. The van der Waals surface area contributed by atoms with Crippen molar-refractivity contribution < 1.29 is 0 Å². The van der Waals surface area contributed by atoms with Gasteiger partial charge in [-0.2, -0.15) is 10.1 Å².